The summed E-state index contributed by atoms with van der Waals surface area (Å²) in [5.41, 5.74) is 2.11. The van der Waals surface area contributed by atoms with Crippen LogP contribution in [-0.2, 0) is 6.42 Å². The smallest absolute Gasteiger partial charge is 0.140 e. The van der Waals surface area contributed by atoms with Gasteiger partial charge in [-0.3, -0.25) is 4.98 Å². The predicted molar refractivity (Wildman–Crippen MR) is 76.2 cm³/mol. The number of ether oxygens (including phenoxy) is 1. The number of aryl methyl sites for hydroxylation is 2. The van der Waals surface area contributed by atoms with Crippen LogP contribution in [0.15, 0.2) is 12.1 Å². The van der Waals surface area contributed by atoms with Gasteiger partial charge in [0.15, 0.2) is 0 Å². The van der Waals surface area contributed by atoms with Gasteiger partial charge in [-0.1, -0.05) is 20.8 Å². The molecule has 0 aliphatic carbocycles. The summed E-state index contributed by atoms with van der Waals surface area (Å²) in [5.74, 6) is 1.45. The molecule has 102 valence electrons. The summed E-state index contributed by atoms with van der Waals surface area (Å²) in [5, 5.41) is 3.41. The molecule has 1 aromatic heterocycles. The van der Waals surface area contributed by atoms with Crippen molar-refractivity contribution >= 4 is 0 Å². The minimum atomic E-state index is 0.516. The van der Waals surface area contributed by atoms with Crippen molar-refractivity contribution in [2.45, 2.75) is 40.5 Å². The van der Waals surface area contributed by atoms with Crippen LogP contribution in [0.2, 0.25) is 0 Å². The predicted octanol–water partition coefficient (Wildman–Crippen LogP) is 2.97. The maximum absolute atomic E-state index is 5.87. The normalized spacial score (nSPS) is 12.4. The topological polar surface area (TPSA) is 34.1 Å². The summed E-state index contributed by atoms with van der Waals surface area (Å²) < 4.78 is 5.87. The second-order valence-corrected chi connectivity index (χ2v) is 4.87. The Kier molecular flexibility index (Phi) is 6.73. The third-order valence-corrected chi connectivity index (χ3v) is 2.85. The third-order valence-electron chi connectivity index (χ3n) is 2.85. The van der Waals surface area contributed by atoms with E-state index in [0.29, 0.717) is 5.92 Å². The van der Waals surface area contributed by atoms with E-state index in [2.05, 4.69) is 31.1 Å². The lowest BCUT2D eigenvalue weighted by molar-refractivity contribution is 0.252. The van der Waals surface area contributed by atoms with Gasteiger partial charge in [0, 0.05) is 18.2 Å². The van der Waals surface area contributed by atoms with E-state index < -0.39 is 0 Å². The highest BCUT2D eigenvalue weighted by molar-refractivity contribution is 5.29. The van der Waals surface area contributed by atoms with Crippen LogP contribution >= 0.6 is 0 Å². The maximum Gasteiger partial charge on any atom is 0.140 e. The quantitative estimate of drug-likeness (QED) is 0.720. The fraction of sp³-hybridized carbons (Fsp3) is 0.667. The number of nitrogens with zero attached hydrogens (tertiary/aromatic N) is 1. The van der Waals surface area contributed by atoms with E-state index in [-0.39, 0.29) is 0 Å². The number of hydrogen-bond donors (Lipinski definition) is 1. The second kappa shape index (κ2) is 8.09. The van der Waals surface area contributed by atoms with E-state index in [0.717, 1.165) is 43.3 Å². The molecule has 0 aliphatic heterocycles. The Morgan fingerprint density at radius 3 is 2.78 bits per heavy atom. The van der Waals surface area contributed by atoms with Gasteiger partial charge in [-0.15, -0.1) is 0 Å². The molecular formula is C15H26N2O. The van der Waals surface area contributed by atoms with E-state index >= 15 is 0 Å². The molecule has 1 atom stereocenters. The Morgan fingerprint density at radius 2 is 2.11 bits per heavy atom. The first kappa shape index (κ1) is 15.0. The van der Waals surface area contributed by atoms with Gasteiger partial charge >= 0.3 is 0 Å². The standard InChI is InChI=1S/C15H26N2O/c1-5-9-16-10-12(3)11-18-15-8-7-13(4)17-14(15)6-2/h7-8,12,16H,5-6,9-11H2,1-4H3. The van der Waals surface area contributed by atoms with Crippen LogP contribution in [0.5, 0.6) is 5.75 Å². The van der Waals surface area contributed by atoms with Gasteiger partial charge in [-0.05, 0) is 38.4 Å². The van der Waals surface area contributed by atoms with E-state index in [4.69, 9.17) is 4.74 Å². The first-order valence-corrected chi connectivity index (χ1v) is 6.97. The van der Waals surface area contributed by atoms with E-state index in [1.54, 1.807) is 0 Å². The zero-order valence-corrected chi connectivity index (χ0v) is 12.1. The van der Waals surface area contributed by atoms with Crippen molar-refractivity contribution in [3.63, 3.8) is 0 Å². The molecule has 1 aromatic rings. The van der Waals surface area contributed by atoms with Gasteiger partial charge in [0.1, 0.15) is 5.75 Å². The van der Waals surface area contributed by atoms with Crippen molar-refractivity contribution in [1.82, 2.24) is 10.3 Å². The van der Waals surface area contributed by atoms with Crippen LogP contribution in [0, 0.1) is 12.8 Å². The Balaban J connectivity index is 2.42. The van der Waals surface area contributed by atoms with Gasteiger partial charge in [0.05, 0.1) is 12.3 Å². The number of hydrogen-bond acceptors (Lipinski definition) is 3. The van der Waals surface area contributed by atoms with Crippen molar-refractivity contribution in [2.75, 3.05) is 19.7 Å². The molecule has 1 heterocycles. The van der Waals surface area contributed by atoms with Crippen LogP contribution in [0.1, 0.15) is 38.6 Å². The molecule has 1 rings (SSSR count). The largest absolute Gasteiger partial charge is 0.491 e. The van der Waals surface area contributed by atoms with Crippen LogP contribution < -0.4 is 10.1 Å². The molecule has 0 radical (unpaired) electrons. The number of aromatic nitrogens is 1. The summed E-state index contributed by atoms with van der Waals surface area (Å²) >= 11 is 0. The average Bonchev–Trinajstić information content (AvgIpc) is 2.37. The van der Waals surface area contributed by atoms with E-state index in [1.165, 1.54) is 6.42 Å². The highest BCUT2D eigenvalue weighted by atomic mass is 16.5. The van der Waals surface area contributed by atoms with Crippen molar-refractivity contribution in [2.24, 2.45) is 5.92 Å². The molecule has 18 heavy (non-hydrogen) atoms. The van der Waals surface area contributed by atoms with Gasteiger partial charge in [0.25, 0.3) is 0 Å². The molecule has 0 fully saturated rings. The summed E-state index contributed by atoms with van der Waals surface area (Å²) in [6, 6.07) is 4.04. The Morgan fingerprint density at radius 1 is 1.33 bits per heavy atom. The number of rotatable bonds is 8. The van der Waals surface area contributed by atoms with Crippen molar-refractivity contribution in [1.29, 1.82) is 0 Å². The Hall–Kier alpha value is -1.09. The van der Waals surface area contributed by atoms with Gasteiger partial charge < -0.3 is 10.1 Å². The molecule has 0 aromatic carbocycles. The van der Waals surface area contributed by atoms with Crippen LogP contribution in [0.4, 0.5) is 0 Å². The maximum atomic E-state index is 5.87. The monoisotopic (exact) mass is 250 g/mol. The number of pyridine rings is 1. The lowest BCUT2D eigenvalue weighted by Crippen LogP contribution is -2.25. The fourth-order valence-corrected chi connectivity index (χ4v) is 1.80. The van der Waals surface area contributed by atoms with Crippen LogP contribution in [0.25, 0.3) is 0 Å². The summed E-state index contributed by atoms with van der Waals surface area (Å²) in [4.78, 5) is 4.50. The number of nitrogens with one attached hydrogen (secondary N) is 1. The van der Waals surface area contributed by atoms with Gasteiger partial charge in [-0.2, -0.15) is 0 Å². The fourth-order valence-electron chi connectivity index (χ4n) is 1.80. The molecule has 1 unspecified atom stereocenters. The van der Waals surface area contributed by atoms with E-state index in [1.807, 2.05) is 19.1 Å². The first-order valence-electron chi connectivity index (χ1n) is 6.97. The molecule has 1 N–H and O–H groups in total. The lowest BCUT2D eigenvalue weighted by atomic mass is 10.2. The Labute approximate surface area is 111 Å². The zero-order valence-electron chi connectivity index (χ0n) is 12.1. The lowest BCUT2D eigenvalue weighted by Gasteiger charge is -2.15. The first-order chi connectivity index (χ1) is 8.67. The van der Waals surface area contributed by atoms with Crippen LogP contribution in [-0.4, -0.2) is 24.7 Å². The van der Waals surface area contributed by atoms with Crippen LogP contribution in [0.3, 0.4) is 0 Å². The van der Waals surface area contributed by atoms with Gasteiger partial charge in [-0.25, -0.2) is 0 Å². The summed E-state index contributed by atoms with van der Waals surface area (Å²) in [6.07, 6.45) is 2.09. The molecule has 3 heteroatoms. The molecule has 0 aliphatic rings. The summed E-state index contributed by atoms with van der Waals surface area (Å²) in [6.45, 7) is 11.3. The Bertz CT molecular complexity index is 352. The van der Waals surface area contributed by atoms with Crippen molar-refractivity contribution < 1.29 is 4.74 Å². The van der Waals surface area contributed by atoms with E-state index in [9.17, 15) is 0 Å². The summed E-state index contributed by atoms with van der Waals surface area (Å²) in [7, 11) is 0. The third kappa shape index (κ3) is 5.05. The van der Waals surface area contributed by atoms with Crippen molar-refractivity contribution in [3.05, 3.63) is 23.5 Å². The highest BCUT2D eigenvalue weighted by Crippen LogP contribution is 2.18. The second-order valence-electron chi connectivity index (χ2n) is 4.87. The molecule has 0 saturated carbocycles. The van der Waals surface area contributed by atoms with Gasteiger partial charge in [0.2, 0.25) is 0 Å². The molecule has 0 bridgehead atoms. The minimum absolute atomic E-state index is 0.516. The molecule has 0 spiro atoms. The molecule has 0 saturated heterocycles. The van der Waals surface area contributed by atoms with Crippen molar-refractivity contribution in [3.8, 4) is 5.75 Å². The SMILES string of the molecule is CCCNCC(C)COc1ccc(C)nc1CC. The minimum Gasteiger partial charge on any atom is -0.491 e. The zero-order chi connectivity index (χ0) is 13.4. The highest BCUT2D eigenvalue weighted by Gasteiger charge is 2.07. The average molecular weight is 250 g/mol. The molecular weight excluding hydrogens is 224 g/mol. The molecule has 3 nitrogen and oxygen atoms in total. The molecule has 0 amide bonds.